The molecule has 2 aliphatic heterocycles. The molecule has 0 amide bonds. The van der Waals surface area contributed by atoms with Gasteiger partial charge in [0.2, 0.25) is 0 Å². The average Bonchev–Trinajstić information content (AvgIpc) is 3.29. The Morgan fingerprint density at radius 2 is 0.817 bits per heavy atom. The highest BCUT2D eigenvalue weighted by atomic mass is 16.7. The van der Waals surface area contributed by atoms with Gasteiger partial charge in [-0.3, -0.25) is 0 Å². The lowest BCUT2D eigenvalue weighted by Gasteiger charge is -2.46. The van der Waals surface area contributed by atoms with E-state index in [4.69, 9.17) is 37.9 Å². The predicted octanol–water partition coefficient (Wildman–Crippen LogP) is 7.43. The summed E-state index contributed by atoms with van der Waals surface area (Å²) in [5, 5.41) is 24.4. The van der Waals surface area contributed by atoms with Crippen LogP contribution in [0.3, 0.4) is 0 Å². The fourth-order valence-corrected chi connectivity index (χ4v) is 8.02. The van der Waals surface area contributed by atoms with Gasteiger partial charge in [0.05, 0.1) is 64.6 Å². The van der Waals surface area contributed by atoms with Crippen LogP contribution in [0.2, 0.25) is 0 Å². The number of hydrogen-bond acceptors (Lipinski definition) is 10. The van der Waals surface area contributed by atoms with Crippen molar-refractivity contribution in [1.29, 1.82) is 0 Å². The van der Waals surface area contributed by atoms with E-state index in [1.165, 1.54) is 0 Å². The van der Waals surface area contributed by atoms with Crippen LogP contribution in [0.4, 0.5) is 0 Å². The molecule has 5 aromatic carbocycles. The minimum absolute atomic E-state index is 0.207. The zero-order valence-electron chi connectivity index (χ0n) is 34.2. The Morgan fingerprint density at radius 1 is 0.417 bits per heavy atom. The molecule has 318 valence electrons. The fourth-order valence-electron chi connectivity index (χ4n) is 8.02. The lowest BCUT2D eigenvalue weighted by molar-refractivity contribution is -0.300. The first kappa shape index (κ1) is 43.8. The zero-order valence-corrected chi connectivity index (χ0v) is 34.2. The second-order valence-corrected chi connectivity index (χ2v) is 15.5. The van der Waals surface area contributed by atoms with Crippen molar-refractivity contribution in [2.45, 2.75) is 101 Å². The summed E-state index contributed by atoms with van der Waals surface area (Å²) in [6.45, 7) is 2.03. The van der Waals surface area contributed by atoms with Gasteiger partial charge in [-0.2, -0.15) is 0 Å². The third-order valence-corrected chi connectivity index (χ3v) is 11.2. The Balaban J connectivity index is 1.11. The van der Waals surface area contributed by atoms with Crippen LogP contribution < -0.4 is 0 Å². The van der Waals surface area contributed by atoms with Crippen LogP contribution in [-0.2, 0) is 70.9 Å². The molecule has 0 spiro atoms. The van der Waals surface area contributed by atoms with Gasteiger partial charge in [0.25, 0.3) is 0 Å². The van der Waals surface area contributed by atoms with E-state index in [1.54, 1.807) is 7.11 Å². The maximum Gasteiger partial charge on any atom is 0.186 e. The smallest absolute Gasteiger partial charge is 0.186 e. The molecule has 0 unspecified atom stereocenters. The van der Waals surface area contributed by atoms with Gasteiger partial charge in [0, 0.05) is 13.0 Å². The van der Waals surface area contributed by atoms with Crippen molar-refractivity contribution in [1.82, 2.24) is 0 Å². The Labute approximate surface area is 353 Å². The lowest BCUT2D eigenvalue weighted by atomic mass is 9.83. The second-order valence-electron chi connectivity index (χ2n) is 15.5. The maximum absolute atomic E-state index is 12.2. The van der Waals surface area contributed by atoms with Crippen LogP contribution in [0.15, 0.2) is 152 Å². The highest BCUT2D eigenvalue weighted by molar-refractivity contribution is 5.17. The first-order valence-electron chi connectivity index (χ1n) is 21.0. The first-order chi connectivity index (χ1) is 29.6. The molecule has 0 aliphatic carbocycles. The number of aliphatic hydroxyl groups excluding tert-OH is 2. The third kappa shape index (κ3) is 12.4. The van der Waals surface area contributed by atoms with Crippen molar-refractivity contribution in [2.75, 3.05) is 20.3 Å². The molecular formula is C50H58O10. The van der Waals surface area contributed by atoms with Crippen LogP contribution in [0.25, 0.3) is 0 Å². The molecule has 2 heterocycles. The van der Waals surface area contributed by atoms with E-state index < -0.39 is 61.0 Å². The Morgan fingerprint density at radius 3 is 1.27 bits per heavy atom. The largest absolute Gasteiger partial charge is 0.390 e. The van der Waals surface area contributed by atoms with Crippen molar-refractivity contribution < 1.29 is 48.1 Å². The molecule has 0 aromatic heterocycles. The van der Waals surface area contributed by atoms with Gasteiger partial charge in [0.15, 0.2) is 6.29 Å². The van der Waals surface area contributed by atoms with E-state index in [2.05, 4.69) is 0 Å². The van der Waals surface area contributed by atoms with Crippen molar-refractivity contribution >= 4 is 0 Å². The molecular weight excluding hydrogens is 761 g/mol. The Bertz CT molecular complexity index is 1900. The number of methoxy groups -OCH3 is 1. The van der Waals surface area contributed by atoms with Gasteiger partial charge in [0.1, 0.15) is 30.5 Å². The third-order valence-electron chi connectivity index (χ3n) is 11.2. The molecule has 2 fully saturated rings. The topological polar surface area (TPSA) is 114 Å². The van der Waals surface area contributed by atoms with Gasteiger partial charge in [-0.15, -0.1) is 0 Å². The summed E-state index contributed by atoms with van der Waals surface area (Å²) < 4.78 is 51.2. The molecule has 0 bridgehead atoms. The quantitative estimate of drug-likeness (QED) is 0.0775. The molecule has 5 aromatic rings. The molecule has 2 saturated heterocycles. The molecule has 2 aliphatic rings. The van der Waals surface area contributed by atoms with Crippen LogP contribution in [0.5, 0.6) is 0 Å². The molecule has 7 rings (SSSR count). The summed E-state index contributed by atoms with van der Waals surface area (Å²) in [7, 11) is 1.55. The van der Waals surface area contributed by atoms with Crippen molar-refractivity contribution in [2.24, 2.45) is 5.92 Å². The zero-order chi connectivity index (χ0) is 41.4. The molecule has 10 heteroatoms. The molecule has 0 radical (unpaired) electrons. The van der Waals surface area contributed by atoms with Gasteiger partial charge in [-0.1, -0.05) is 152 Å². The van der Waals surface area contributed by atoms with Crippen LogP contribution in [0.1, 0.15) is 40.7 Å². The summed E-state index contributed by atoms with van der Waals surface area (Å²) in [6, 6.07) is 49.5. The van der Waals surface area contributed by atoms with E-state index in [9.17, 15) is 10.2 Å². The lowest BCUT2D eigenvalue weighted by Crippen LogP contribution is -2.61. The van der Waals surface area contributed by atoms with Crippen molar-refractivity contribution in [3.05, 3.63) is 179 Å². The van der Waals surface area contributed by atoms with E-state index in [0.29, 0.717) is 32.7 Å². The molecule has 2 N–H and O–H groups in total. The first-order valence-corrected chi connectivity index (χ1v) is 21.0. The average molecular weight is 819 g/mol. The van der Waals surface area contributed by atoms with E-state index in [1.807, 2.05) is 152 Å². The van der Waals surface area contributed by atoms with E-state index >= 15 is 0 Å². The molecule has 10 nitrogen and oxygen atoms in total. The monoisotopic (exact) mass is 818 g/mol. The molecule has 0 saturated carbocycles. The summed E-state index contributed by atoms with van der Waals surface area (Å²) in [6.07, 6.45) is -6.07. The number of hydrogen-bond donors (Lipinski definition) is 2. The minimum atomic E-state index is -1.06. The van der Waals surface area contributed by atoms with Crippen LogP contribution >= 0.6 is 0 Å². The maximum atomic E-state index is 12.2. The van der Waals surface area contributed by atoms with Crippen LogP contribution in [0, 0.1) is 5.92 Å². The van der Waals surface area contributed by atoms with E-state index in [-0.39, 0.29) is 26.4 Å². The van der Waals surface area contributed by atoms with Gasteiger partial charge in [-0.25, -0.2) is 0 Å². The highest BCUT2D eigenvalue weighted by Crippen LogP contribution is 2.36. The van der Waals surface area contributed by atoms with Gasteiger partial charge >= 0.3 is 0 Å². The number of benzene rings is 5. The molecule has 10 atom stereocenters. The van der Waals surface area contributed by atoms with Crippen molar-refractivity contribution in [3.8, 4) is 0 Å². The van der Waals surface area contributed by atoms with Crippen molar-refractivity contribution in [3.63, 3.8) is 0 Å². The summed E-state index contributed by atoms with van der Waals surface area (Å²) >= 11 is 0. The number of aliphatic hydroxyl groups is 2. The van der Waals surface area contributed by atoms with Crippen LogP contribution in [-0.4, -0.2) is 85.7 Å². The van der Waals surface area contributed by atoms with Gasteiger partial charge in [-0.05, 0) is 40.7 Å². The standard InChI is InChI=1S/C50H58O10/c1-53-50-49(58-33-40-25-15-6-16-26-40)45(51)41(43(60-50)34-54-29-36-17-7-2-8-18-36)27-28-42-46(52)48(57-32-39-23-13-5-14-24-39)47(56-31-38-21-11-4-12-22-38)44(59-42)35-55-30-37-19-9-3-10-20-37/h2-26,41-52H,27-35H2,1H3/t41-,42+,43-,44-,45+,46+,47+,48-,49-,50-/m1/s1. The minimum Gasteiger partial charge on any atom is -0.390 e. The number of rotatable bonds is 21. The summed E-state index contributed by atoms with van der Waals surface area (Å²) in [5.74, 6) is -0.452. The van der Waals surface area contributed by atoms with Gasteiger partial charge < -0.3 is 48.1 Å². The normalized spacial score (nSPS) is 26.8. The SMILES string of the molecule is CO[C@@H]1O[C@H](COCc2ccccc2)[C@@H](CC[C@@H]2O[C@H](COCc3ccccc3)[C@H](OCc3ccccc3)[C@H](OCc3ccccc3)[C@H]2O)[C@H](O)[C@H]1OCc1ccccc1. The Kier molecular flexibility index (Phi) is 16.8. The summed E-state index contributed by atoms with van der Waals surface area (Å²) in [5.41, 5.74) is 5.00. The fraction of sp³-hybridized carbons (Fsp3) is 0.400. The summed E-state index contributed by atoms with van der Waals surface area (Å²) in [4.78, 5) is 0. The predicted molar refractivity (Wildman–Crippen MR) is 226 cm³/mol. The second kappa shape index (κ2) is 23.1. The molecule has 60 heavy (non-hydrogen) atoms. The Hall–Kier alpha value is -4.30. The highest BCUT2D eigenvalue weighted by Gasteiger charge is 2.49. The number of ether oxygens (including phenoxy) is 8. The van der Waals surface area contributed by atoms with E-state index in [0.717, 1.165) is 27.8 Å².